The molecule has 2 aromatic carbocycles. The van der Waals surface area contributed by atoms with Gasteiger partial charge < -0.3 is 9.84 Å². The summed E-state index contributed by atoms with van der Waals surface area (Å²) in [6.45, 7) is 1.26. The fourth-order valence-electron chi connectivity index (χ4n) is 2.56. The van der Waals surface area contributed by atoms with E-state index in [0.29, 0.717) is 18.8 Å². The third-order valence-electron chi connectivity index (χ3n) is 4.01. The molecule has 1 amide bonds. The number of hydrogen-bond acceptors (Lipinski definition) is 6. The maximum Gasteiger partial charge on any atom is 0.271 e. The summed E-state index contributed by atoms with van der Waals surface area (Å²) in [7, 11) is -3.69. The maximum atomic E-state index is 12.7. The highest BCUT2D eigenvalue weighted by Crippen LogP contribution is 2.18. The zero-order valence-electron chi connectivity index (χ0n) is 14.4. The second kappa shape index (κ2) is 8.30. The average Bonchev–Trinajstić information content (AvgIpc) is 2.70. The number of ether oxygens (including phenoxy) is 1. The Morgan fingerprint density at radius 2 is 1.89 bits per heavy atom. The van der Waals surface area contributed by atoms with E-state index < -0.39 is 15.9 Å². The van der Waals surface area contributed by atoms with Gasteiger partial charge in [0.25, 0.3) is 5.91 Å². The number of benzene rings is 2. The minimum atomic E-state index is -3.69. The Kier molecular flexibility index (Phi) is 5.84. The van der Waals surface area contributed by atoms with Gasteiger partial charge in [-0.1, -0.05) is 18.2 Å². The maximum absolute atomic E-state index is 12.7. The Bertz CT molecular complexity index is 953. The molecule has 0 atom stereocenters. The molecule has 3 rings (SSSR count). The van der Waals surface area contributed by atoms with Crippen molar-refractivity contribution in [2.45, 2.75) is 4.90 Å². The quantitative estimate of drug-likeness (QED) is 0.590. The first-order chi connectivity index (χ1) is 13.0. The van der Waals surface area contributed by atoms with E-state index in [4.69, 9.17) is 4.74 Å². The number of morpholine rings is 1. The lowest BCUT2D eigenvalue weighted by Crippen LogP contribution is -2.40. The van der Waals surface area contributed by atoms with Crippen molar-refractivity contribution < 1.29 is 23.1 Å². The Hall–Kier alpha value is -2.75. The molecule has 0 unspecified atom stereocenters. The summed E-state index contributed by atoms with van der Waals surface area (Å²) >= 11 is 0. The molecule has 0 aliphatic carbocycles. The van der Waals surface area contributed by atoms with Crippen molar-refractivity contribution in [3.8, 4) is 5.75 Å². The van der Waals surface area contributed by atoms with Crippen LogP contribution in [-0.4, -0.2) is 56.3 Å². The number of hydrazone groups is 1. The molecule has 1 aliphatic rings. The number of hydrogen-bond donors (Lipinski definition) is 2. The molecular weight excluding hydrogens is 370 g/mol. The van der Waals surface area contributed by atoms with Gasteiger partial charge in [0.15, 0.2) is 0 Å². The summed E-state index contributed by atoms with van der Waals surface area (Å²) in [5, 5.41) is 13.5. The first-order valence-electron chi connectivity index (χ1n) is 8.28. The standard InChI is InChI=1S/C18H19N3O5S/c22-17-7-2-1-4-15(17)13-19-20-18(23)14-5-3-6-16(12-14)27(24,25)21-8-10-26-11-9-21/h1-7,12-13,22H,8-11H2,(H,20,23)/b19-13+. The second-order valence-electron chi connectivity index (χ2n) is 5.80. The lowest BCUT2D eigenvalue weighted by molar-refractivity contribution is 0.0730. The van der Waals surface area contributed by atoms with Crippen LogP contribution >= 0.6 is 0 Å². The molecule has 9 heteroatoms. The van der Waals surface area contributed by atoms with Gasteiger partial charge >= 0.3 is 0 Å². The zero-order valence-corrected chi connectivity index (χ0v) is 15.2. The second-order valence-corrected chi connectivity index (χ2v) is 7.74. The van der Waals surface area contributed by atoms with Gasteiger partial charge in [-0.3, -0.25) is 4.79 Å². The number of nitrogens with one attached hydrogen (secondary N) is 1. The number of sulfonamides is 1. The lowest BCUT2D eigenvalue weighted by atomic mass is 10.2. The Morgan fingerprint density at radius 3 is 2.63 bits per heavy atom. The van der Waals surface area contributed by atoms with E-state index >= 15 is 0 Å². The summed E-state index contributed by atoms with van der Waals surface area (Å²) in [6.07, 6.45) is 1.31. The van der Waals surface area contributed by atoms with Crippen molar-refractivity contribution in [3.63, 3.8) is 0 Å². The summed E-state index contributed by atoms with van der Waals surface area (Å²) < 4.78 is 31.9. The highest BCUT2D eigenvalue weighted by atomic mass is 32.2. The van der Waals surface area contributed by atoms with Crippen LogP contribution < -0.4 is 5.43 Å². The third kappa shape index (κ3) is 4.51. The molecule has 1 fully saturated rings. The summed E-state index contributed by atoms with van der Waals surface area (Å²) in [5.41, 5.74) is 2.94. The van der Waals surface area contributed by atoms with Crippen molar-refractivity contribution in [2.75, 3.05) is 26.3 Å². The van der Waals surface area contributed by atoms with Crippen molar-refractivity contribution in [1.29, 1.82) is 0 Å². The first kappa shape index (κ1) is 19.0. The predicted molar refractivity (Wildman–Crippen MR) is 99.2 cm³/mol. The molecule has 0 saturated carbocycles. The number of nitrogens with zero attached hydrogens (tertiary/aromatic N) is 2. The van der Waals surface area contributed by atoms with E-state index in [2.05, 4.69) is 10.5 Å². The fraction of sp³-hybridized carbons (Fsp3) is 0.222. The molecule has 2 N–H and O–H groups in total. The number of amides is 1. The van der Waals surface area contributed by atoms with Gasteiger partial charge in [0.1, 0.15) is 5.75 Å². The van der Waals surface area contributed by atoms with Crippen LogP contribution in [0.3, 0.4) is 0 Å². The smallest absolute Gasteiger partial charge is 0.271 e. The first-order valence-corrected chi connectivity index (χ1v) is 9.72. The van der Waals surface area contributed by atoms with Gasteiger partial charge in [0, 0.05) is 24.2 Å². The predicted octanol–water partition coefficient (Wildman–Crippen LogP) is 1.18. The van der Waals surface area contributed by atoms with Crippen molar-refractivity contribution >= 4 is 22.1 Å². The van der Waals surface area contributed by atoms with Crippen LogP contribution in [0.25, 0.3) is 0 Å². The van der Waals surface area contributed by atoms with E-state index in [9.17, 15) is 18.3 Å². The third-order valence-corrected chi connectivity index (χ3v) is 5.91. The van der Waals surface area contributed by atoms with Crippen LogP contribution in [0.1, 0.15) is 15.9 Å². The molecule has 0 bridgehead atoms. The largest absolute Gasteiger partial charge is 0.507 e. The van der Waals surface area contributed by atoms with Crippen molar-refractivity contribution in [1.82, 2.24) is 9.73 Å². The molecule has 2 aromatic rings. The molecule has 0 aromatic heterocycles. The van der Waals surface area contributed by atoms with E-state index in [1.165, 1.54) is 40.9 Å². The van der Waals surface area contributed by atoms with Gasteiger partial charge in [-0.15, -0.1) is 0 Å². The summed E-state index contributed by atoms with van der Waals surface area (Å²) in [5.74, 6) is -0.519. The molecule has 0 spiro atoms. The SMILES string of the molecule is O=C(N/N=C/c1ccccc1O)c1cccc(S(=O)(=O)N2CCOCC2)c1. The van der Waals surface area contributed by atoms with Crippen LogP contribution in [0.2, 0.25) is 0 Å². The van der Waals surface area contributed by atoms with Crippen LogP contribution in [0.15, 0.2) is 58.5 Å². The van der Waals surface area contributed by atoms with Gasteiger partial charge in [-0.25, -0.2) is 13.8 Å². The van der Waals surface area contributed by atoms with Gasteiger partial charge in [0.05, 0.1) is 24.3 Å². The Morgan fingerprint density at radius 1 is 1.15 bits per heavy atom. The number of phenols is 1. The topological polar surface area (TPSA) is 108 Å². The Labute approximate surface area is 157 Å². The van der Waals surface area contributed by atoms with E-state index in [1.807, 2.05) is 0 Å². The van der Waals surface area contributed by atoms with Gasteiger partial charge in [-0.05, 0) is 30.3 Å². The highest BCUT2D eigenvalue weighted by Gasteiger charge is 2.26. The van der Waals surface area contributed by atoms with Gasteiger partial charge in [-0.2, -0.15) is 9.41 Å². The van der Waals surface area contributed by atoms with Crippen molar-refractivity contribution in [2.24, 2.45) is 5.10 Å². The summed E-state index contributed by atoms with van der Waals surface area (Å²) in [6, 6.07) is 12.3. The number of aromatic hydroxyl groups is 1. The molecule has 8 nitrogen and oxygen atoms in total. The van der Waals surface area contributed by atoms with Crippen LogP contribution in [0, 0.1) is 0 Å². The minimum Gasteiger partial charge on any atom is -0.507 e. The van der Waals surface area contributed by atoms with Crippen LogP contribution in [0.4, 0.5) is 0 Å². The van der Waals surface area contributed by atoms with E-state index in [-0.39, 0.29) is 29.3 Å². The van der Waals surface area contributed by atoms with Crippen molar-refractivity contribution in [3.05, 3.63) is 59.7 Å². The van der Waals surface area contributed by atoms with Crippen LogP contribution in [0.5, 0.6) is 5.75 Å². The number of rotatable bonds is 5. The van der Waals surface area contributed by atoms with E-state index in [1.54, 1.807) is 18.2 Å². The number of phenolic OH excluding ortho intramolecular Hbond substituents is 1. The minimum absolute atomic E-state index is 0.0362. The van der Waals surface area contributed by atoms with Crippen LogP contribution in [-0.2, 0) is 14.8 Å². The molecule has 142 valence electrons. The normalized spacial score (nSPS) is 15.7. The van der Waals surface area contributed by atoms with Gasteiger partial charge in [0.2, 0.25) is 10.0 Å². The highest BCUT2D eigenvalue weighted by molar-refractivity contribution is 7.89. The van der Waals surface area contributed by atoms with E-state index in [0.717, 1.165) is 0 Å². The lowest BCUT2D eigenvalue weighted by Gasteiger charge is -2.26. The Balaban J connectivity index is 1.73. The number of para-hydroxylation sites is 1. The molecular formula is C18H19N3O5S. The zero-order chi connectivity index (χ0) is 19.3. The number of carbonyl (C=O) groups excluding carboxylic acids is 1. The summed E-state index contributed by atoms with van der Waals surface area (Å²) in [4.78, 5) is 12.3. The monoisotopic (exact) mass is 389 g/mol. The molecule has 1 aliphatic heterocycles. The fourth-order valence-corrected chi connectivity index (χ4v) is 4.01. The molecule has 0 radical (unpaired) electrons. The molecule has 27 heavy (non-hydrogen) atoms. The number of carbonyl (C=O) groups is 1. The average molecular weight is 389 g/mol. The molecule has 1 saturated heterocycles. The molecule has 1 heterocycles.